The molecular formula is C21H25ClN2O2S. The number of hydrogen-bond donors (Lipinski definition) is 2. The number of primary amides is 1. The van der Waals surface area contributed by atoms with Gasteiger partial charge in [0.1, 0.15) is 5.00 Å². The molecule has 3 rings (SSSR count). The largest absolute Gasteiger partial charge is 0.365 e. The topological polar surface area (TPSA) is 72.2 Å². The Morgan fingerprint density at radius 1 is 1.30 bits per heavy atom. The number of nitrogens with two attached hydrogens (primary N) is 1. The first-order valence-electron chi connectivity index (χ1n) is 9.24. The third kappa shape index (κ3) is 4.04. The van der Waals surface area contributed by atoms with Crippen LogP contribution in [-0.4, -0.2) is 11.8 Å². The van der Waals surface area contributed by atoms with Gasteiger partial charge < -0.3 is 11.1 Å². The van der Waals surface area contributed by atoms with Crippen LogP contribution in [-0.2, 0) is 12.8 Å². The lowest BCUT2D eigenvalue weighted by molar-refractivity contribution is 0.0999. The molecule has 1 aromatic heterocycles. The maximum atomic E-state index is 12.6. The highest BCUT2D eigenvalue weighted by molar-refractivity contribution is 7.17. The maximum Gasteiger partial charge on any atom is 0.256 e. The zero-order valence-electron chi connectivity index (χ0n) is 15.9. The van der Waals surface area contributed by atoms with Crippen molar-refractivity contribution in [1.29, 1.82) is 0 Å². The molecule has 0 radical (unpaired) electrons. The van der Waals surface area contributed by atoms with E-state index in [2.05, 4.69) is 26.1 Å². The summed E-state index contributed by atoms with van der Waals surface area (Å²) in [6.45, 7) is 6.82. The summed E-state index contributed by atoms with van der Waals surface area (Å²) in [7, 11) is 0. The first kappa shape index (κ1) is 19.9. The number of carbonyl (C=O) groups excluding carboxylic acids is 2. The molecule has 1 aliphatic rings. The van der Waals surface area contributed by atoms with Gasteiger partial charge in [0.2, 0.25) is 0 Å². The summed E-state index contributed by atoms with van der Waals surface area (Å²) in [6, 6.07) is 6.66. The van der Waals surface area contributed by atoms with Crippen molar-refractivity contribution < 1.29 is 9.59 Å². The third-order valence-corrected chi connectivity index (χ3v) is 7.28. The van der Waals surface area contributed by atoms with Crippen molar-refractivity contribution in [2.75, 3.05) is 5.32 Å². The Labute approximate surface area is 169 Å². The molecule has 4 nitrogen and oxygen atoms in total. The van der Waals surface area contributed by atoms with E-state index in [-0.39, 0.29) is 11.3 Å². The van der Waals surface area contributed by atoms with Crippen LogP contribution in [0.5, 0.6) is 0 Å². The SMILES string of the molecule is CCC(C)(C)C1CCc2c(sc(NC(=O)c3ccc(Cl)cc3)c2C(N)=O)C1. The van der Waals surface area contributed by atoms with E-state index >= 15 is 0 Å². The lowest BCUT2D eigenvalue weighted by atomic mass is 9.69. The van der Waals surface area contributed by atoms with Gasteiger partial charge in [0.05, 0.1) is 5.56 Å². The molecule has 0 saturated carbocycles. The molecule has 144 valence electrons. The molecule has 2 aromatic rings. The third-order valence-electron chi connectivity index (χ3n) is 5.86. The fourth-order valence-corrected chi connectivity index (χ4v) is 5.12. The number of carbonyl (C=O) groups is 2. The Kier molecular flexibility index (Phi) is 5.63. The zero-order valence-corrected chi connectivity index (χ0v) is 17.5. The smallest absolute Gasteiger partial charge is 0.256 e. The molecule has 0 spiro atoms. The molecule has 0 bridgehead atoms. The second-order valence-electron chi connectivity index (χ2n) is 7.82. The van der Waals surface area contributed by atoms with Gasteiger partial charge in [-0.05, 0) is 60.4 Å². The first-order chi connectivity index (χ1) is 12.7. The molecule has 1 unspecified atom stereocenters. The van der Waals surface area contributed by atoms with Gasteiger partial charge in [-0.1, -0.05) is 38.8 Å². The summed E-state index contributed by atoms with van der Waals surface area (Å²) in [5.41, 5.74) is 7.90. The number of thiophene rings is 1. The Balaban J connectivity index is 1.90. The number of benzene rings is 1. The van der Waals surface area contributed by atoms with Crippen LogP contribution in [0.25, 0.3) is 0 Å². The highest BCUT2D eigenvalue weighted by Crippen LogP contribution is 2.45. The average Bonchev–Trinajstić information content (AvgIpc) is 2.99. The number of amides is 2. The van der Waals surface area contributed by atoms with Crippen molar-refractivity contribution in [1.82, 2.24) is 0 Å². The summed E-state index contributed by atoms with van der Waals surface area (Å²) >= 11 is 7.37. The lowest BCUT2D eigenvalue weighted by Gasteiger charge is -2.36. The van der Waals surface area contributed by atoms with Crippen LogP contribution < -0.4 is 11.1 Å². The minimum Gasteiger partial charge on any atom is -0.365 e. The Morgan fingerprint density at radius 2 is 1.96 bits per heavy atom. The van der Waals surface area contributed by atoms with Gasteiger partial charge in [0.25, 0.3) is 11.8 Å². The molecule has 1 heterocycles. The molecule has 1 aromatic carbocycles. The average molecular weight is 405 g/mol. The van der Waals surface area contributed by atoms with Crippen molar-refractivity contribution in [3.8, 4) is 0 Å². The number of hydrogen-bond acceptors (Lipinski definition) is 3. The summed E-state index contributed by atoms with van der Waals surface area (Å²) < 4.78 is 0. The highest BCUT2D eigenvalue weighted by atomic mass is 35.5. The minimum absolute atomic E-state index is 0.251. The molecule has 0 fully saturated rings. The van der Waals surface area contributed by atoms with Gasteiger partial charge in [-0.15, -0.1) is 11.3 Å². The summed E-state index contributed by atoms with van der Waals surface area (Å²) in [6.07, 6.45) is 3.91. The minimum atomic E-state index is -0.480. The van der Waals surface area contributed by atoms with Crippen molar-refractivity contribution in [2.24, 2.45) is 17.1 Å². The van der Waals surface area contributed by atoms with Crippen LogP contribution in [0.1, 0.15) is 64.8 Å². The molecule has 0 saturated heterocycles. The van der Waals surface area contributed by atoms with E-state index in [1.54, 1.807) is 24.3 Å². The number of halogens is 1. The number of nitrogens with one attached hydrogen (secondary N) is 1. The van der Waals surface area contributed by atoms with E-state index in [0.29, 0.717) is 27.1 Å². The zero-order chi connectivity index (χ0) is 19.8. The molecule has 2 amide bonds. The Morgan fingerprint density at radius 3 is 2.56 bits per heavy atom. The summed E-state index contributed by atoms with van der Waals surface area (Å²) in [5.74, 6) is -0.181. The number of fused-ring (bicyclic) bond motifs is 1. The van der Waals surface area contributed by atoms with Crippen molar-refractivity contribution in [3.63, 3.8) is 0 Å². The number of anilines is 1. The van der Waals surface area contributed by atoms with Crippen LogP contribution in [0.4, 0.5) is 5.00 Å². The van der Waals surface area contributed by atoms with Crippen LogP contribution in [0, 0.1) is 11.3 Å². The van der Waals surface area contributed by atoms with E-state index in [9.17, 15) is 9.59 Å². The quantitative estimate of drug-likeness (QED) is 0.710. The van der Waals surface area contributed by atoms with Crippen LogP contribution in [0.15, 0.2) is 24.3 Å². The first-order valence-corrected chi connectivity index (χ1v) is 10.4. The number of rotatable bonds is 5. The van der Waals surface area contributed by atoms with Gasteiger partial charge in [-0.3, -0.25) is 9.59 Å². The van der Waals surface area contributed by atoms with Gasteiger partial charge in [0, 0.05) is 15.5 Å². The van der Waals surface area contributed by atoms with E-state index in [1.165, 1.54) is 16.2 Å². The highest BCUT2D eigenvalue weighted by Gasteiger charge is 2.35. The predicted octanol–water partition coefficient (Wildman–Crippen LogP) is 5.29. The van der Waals surface area contributed by atoms with Crippen LogP contribution >= 0.6 is 22.9 Å². The summed E-state index contributed by atoms with van der Waals surface area (Å²) in [5, 5.41) is 4.02. The van der Waals surface area contributed by atoms with Gasteiger partial charge in [-0.2, -0.15) is 0 Å². The van der Waals surface area contributed by atoms with E-state index in [1.807, 2.05) is 0 Å². The summed E-state index contributed by atoms with van der Waals surface area (Å²) in [4.78, 5) is 25.9. The Bertz CT molecular complexity index is 871. The van der Waals surface area contributed by atoms with Crippen LogP contribution in [0.2, 0.25) is 5.02 Å². The second kappa shape index (κ2) is 7.64. The van der Waals surface area contributed by atoms with Crippen molar-refractivity contribution in [2.45, 2.75) is 46.5 Å². The fourth-order valence-electron chi connectivity index (χ4n) is 3.67. The van der Waals surface area contributed by atoms with Gasteiger partial charge in [-0.25, -0.2) is 0 Å². The molecule has 1 atom stereocenters. The lowest BCUT2D eigenvalue weighted by Crippen LogP contribution is -2.29. The molecule has 0 aliphatic heterocycles. The van der Waals surface area contributed by atoms with Gasteiger partial charge >= 0.3 is 0 Å². The van der Waals surface area contributed by atoms with Crippen molar-refractivity contribution >= 4 is 39.8 Å². The van der Waals surface area contributed by atoms with E-state index in [0.717, 1.165) is 31.2 Å². The molecule has 27 heavy (non-hydrogen) atoms. The predicted molar refractivity (Wildman–Crippen MR) is 112 cm³/mol. The maximum absolute atomic E-state index is 12.6. The van der Waals surface area contributed by atoms with Gasteiger partial charge in [0.15, 0.2) is 0 Å². The van der Waals surface area contributed by atoms with E-state index in [4.69, 9.17) is 17.3 Å². The monoisotopic (exact) mass is 404 g/mol. The van der Waals surface area contributed by atoms with E-state index < -0.39 is 5.91 Å². The molecular weight excluding hydrogens is 380 g/mol. The molecule has 3 N–H and O–H groups in total. The van der Waals surface area contributed by atoms with Crippen LogP contribution in [0.3, 0.4) is 0 Å². The standard InChI is InChI=1S/C21H25ClN2O2S/c1-4-21(2,3)13-7-10-15-16(11-13)27-20(17(15)18(23)25)24-19(26)12-5-8-14(22)9-6-12/h5-6,8-9,13H,4,7,10-11H2,1-3H3,(H2,23,25)(H,24,26). The normalized spacial score (nSPS) is 16.7. The Hall–Kier alpha value is -1.85. The van der Waals surface area contributed by atoms with Crippen molar-refractivity contribution in [3.05, 3.63) is 50.9 Å². The molecule has 1 aliphatic carbocycles. The fraction of sp³-hybridized carbons (Fsp3) is 0.429. The molecule has 6 heteroatoms. The second-order valence-corrected chi connectivity index (χ2v) is 9.36.